The predicted octanol–water partition coefficient (Wildman–Crippen LogP) is 5.79. The minimum absolute atomic E-state index is 0.0360. The maximum Gasteiger partial charge on any atom is 0.433 e. The lowest BCUT2D eigenvalue weighted by atomic mass is 9.77. The van der Waals surface area contributed by atoms with Gasteiger partial charge in [-0.3, -0.25) is 9.25 Å². The van der Waals surface area contributed by atoms with Gasteiger partial charge in [0.15, 0.2) is 5.69 Å². The van der Waals surface area contributed by atoms with E-state index in [4.69, 9.17) is 21.1 Å². The maximum atomic E-state index is 14.2. The Balaban J connectivity index is 1.89. The molecule has 2 aromatic heterocycles. The van der Waals surface area contributed by atoms with Gasteiger partial charge in [0.25, 0.3) is 0 Å². The number of aliphatic hydroxyl groups is 1. The number of alkyl halides is 3. The molecule has 1 aromatic carbocycles. The number of carbonyl (C=O) groups is 1. The molecule has 0 amide bonds. The second kappa shape index (κ2) is 8.66. The molecule has 2 heterocycles. The summed E-state index contributed by atoms with van der Waals surface area (Å²) in [6.07, 6.45) is -2.86. The smallest absolute Gasteiger partial charge is 0.433 e. The summed E-state index contributed by atoms with van der Waals surface area (Å²) in [7, 11) is 1.45. The molecule has 0 bridgehead atoms. The highest BCUT2D eigenvalue weighted by atomic mass is 35.5. The van der Waals surface area contributed by atoms with Crippen LogP contribution in [0.15, 0.2) is 36.7 Å². The molecule has 34 heavy (non-hydrogen) atoms. The number of halogens is 4. The molecule has 1 aliphatic rings. The van der Waals surface area contributed by atoms with Gasteiger partial charge in [-0.05, 0) is 38.8 Å². The highest BCUT2D eigenvalue weighted by molar-refractivity contribution is 6.34. The quantitative estimate of drug-likeness (QED) is 0.482. The monoisotopic (exact) mass is 497 g/mol. The fourth-order valence-electron chi connectivity index (χ4n) is 4.29. The minimum Gasteiger partial charge on any atom is -0.495 e. The number of methoxy groups -OCH3 is 1. The summed E-state index contributed by atoms with van der Waals surface area (Å²) >= 11 is 6.42. The summed E-state index contributed by atoms with van der Waals surface area (Å²) in [6, 6.07) is 5.82. The standard InChI is InChI=1S/C23H23ClF3N3O4/c1-4-34-21(31)29-12-13(15-6-5-7-18(33-3)19(15)24)8-17(29)16-11-28-30(20(16)23(25,26)27)14-9-22(2,32)10-14/h5-8,11-12,14,32H,4,9-10H2,1-3H3. The third kappa shape index (κ3) is 4.27. The van der Waals surface area contributed by atoms with Crippen molar-refractivity contribution in [2.75, 3.05) is 13.7 Å². The number of aromatic nitrogens is 3. The van der Waals surface area contributed by atoms with E-state index < -0.39 is 29.6 Å². The first-order chi connectivity index (χ1) is 16.0. The van der Waals surface area contributed by atoms with Crippen LogP contribution in [0.5, 0.6) is 5.75 Å². The average Bonchev–Trinajstić information content (AvgIpc) is 3.36. The molecule has 0 spiro atoms. The van der Waals surface area contributed by atoms with Crippen molar-refractivity contribution in [1.29, 1.82) is 0 Å². The van der Waals surface area contributed by atoms with E-state index in [1.807, 2.05) is 0 Å². The first-order valence-electron chi connectivity index (χ1n) is 10.6. The number of carbonyl (C=O) groups excluding carboxylic acids is 1. The molecule has 0 atom stereocenters. The van der Waals surface area contributed by atoms with E-state index in [-0.39, 0.29) is 35.7 Å². The van der Waals surface area contributed by atoms with Gasteiger partial charge < -0.3 is 14.6 Å². The first kappa shape index (κ1) is 24.2. The second-order valence-corrected chi connectivity index (χ2v) is 8.79. The molecule has 11 heteroatoms. The summed E-state index contributed by atoms with van der Waals surface area (Å²) < 4.78 is 54.9. The van der Waals surface area contributed by atoms with Crippen LogP contribution < -0.4 is 4.74 Å². The number of ether oxygens (including phenoxy) is 2. The van der Waals surface area contributed by atoms with Gasteiger partial charge >= 0.3 is 12.3 Å². The highest BCUT2D eigenvalue weighted by Crippen LogP contribution is 2.47. The Morgan fingerprint density at radius 1 is 1.32 bits per heavy atom. The van der Waals surface area contributed by atoms with Gasteiger partial charge in [0.05, 0.1) is 42.3 Å². The summed E-state index contributed by atoms with van der Waals surface area (Å²) in [4.78, 5) is 12.7. The van der Waals surface area contributed by atoms with Crippen molar-refractivity contribution in [3.05, 3.63) is 47.4 Å². The molecular weight excluding hydrogens is 475 g/mol. The largest absolute Gasteiger partial charge is 0.495 e. The van der Waals surface area contributed by atoms with Gasteiger partial charge in [-0.1, -0.05) is 23.7 Å². The van der Waals surface area contributed by atoms with Crippen LogP contribution in [-0.4, -0.2) is 44.9 Å². The molecule has 0 aliphatic heterocycles. The molecule has 1 aliphatic carbocycles. The van der Waals surface area contributed by atoms with Gasteiger partial charge in [-0.25, -0.2) is 4.79 Å². The average molecular weight is 498 g/mol. The minimum atomic E-state index is -4.76. The summed E-state index contributed by atoms with van der Waals surface area (Å²) in [5.74, 6) is 0.380. The summed E-state index contributed by atoms with van der Waals surface area (Å²) in [5.41, 5.74) is -1.49. The lowest BCUT2D eigenvalue weighted by Gasteiger charge is -2.41. The van der Waals surface area contributed by atoms with Crippen LogP contribution in [0.1, 0.15) is 38.4 Å². The van der Waals surface area contributed by atoms with Crippen molar-refractivity contribution in [1.82, 2.24) is 14.3 Å². The van der Waals surface area contributed by atoms with Gasteiger partial charge in [-0.2, -0.15) is 18.3 Å². The van der Waals surface area contributed by atoms with Crippen molar-refractivity contribution in [3.8, 4) is 28.1 Å². The Labute approximate surface area is 198 Å². The summed E-state index contributed by atoms with van der Waals surface area (Å²) in [6.45, 7) is 3.20. The molecule has 3 aromatic rings. The van der Waals surface area contributed by atoms with E-state index in [2.05, 4.69) is 5.10 Å². The number of hydrogen-bond donors (Lipinski definition) is 1. The Kier molecular flexibility index (Phi) is 6.15. The van der Waals surface area contributed by atoms with Gasteiger partial charge in [-0.15, -0.1) is 0 Å². The van der Waals surface area contributed by atoms with E-state index in [0.717, 1.165) is 15.4 Å². The molecule has 0 saturated heterocycles. The van der Waals surface area contributed by atoms with Crippen molar-refractivity contribution in [2.45, 2.75) is 44.5 Å². The van der Waals surface area contributed by atoms with E-state index in [1.165, 1.54) is 19.4 Å². The zero-order valence-corrected chi connectivity index (χ0v) is 19.4. The second-order valence-electron chi connectivity index (χ2n) is 8.41. The Hall–Kier alpha value is -2.98. The van der Waals surface area contributed by atoms with E-state index in [1.54, 1.807) is 32.0 Å². The van der Waals surface area contributed by atoms with Gasteiger partial charge in [0, 0.05) is 22.9 Å². The van der Waals surface area contributed by atoms with Crippen molar-refractivity contribution in [2.24, 2.45) is 0 Å². The van der Waals surface area contributed by atoms with E-state index >= 15 is 0 Å². The third-order valence-corrected chi connectivity index (χ3v) is 6.21. The number of hydrogen-bond acceptors (Lipinski definition) is 5. The molecule has 0 unspecified atom stereocenters. The van der Waals surface area contributed by atoms with Crippen LogP contribution in [-0.2, 0) is 10.9 Å². The third-order valence-electron chi connectivity index (χ3n) is 5.82. The number of nitrogens with zero attached hydrogens (tertiary/aromatic N) is 3. The molecule has 1 N–H and O–H groups in total. The number of benzene rings is 1. The van der Waals surface area contributed by atoms with Gasteiger partial charge in [0.2, 0.25) is 0 Å². The SMILES string of the molecule is CCOC(=O)n1cc(-c2cccc(OC)c2Cl)cc1-c1cnn(C2CC(C)(O)C2)c1C(F)(F)F. The maximum absolute atomic E-state index is 14.2. The van der Waals surface area contributed by atoms with Crippen LogP contribution in [0.4, 0.5) is 18.0 Å². The first-order valence-corrected chi connectivity index (χ1v) is 10.9. The molecule has 182 valence electrons. The van der Waals surface area contributed by atoms with Crippen LogP contribution >= 0.6 is 11.6 Å². The Morgan fingerprint density at radius 2 is 2.03 bits per heavy atom. The lowest BCUT2D eigenvalue weighted by Crippen LogP contribution is -2.43. The molecular formula is C23H23ClF3N3O4. The molecule has 4 rings (SSSR count). The van der Waals surface area contributed by atoms with Crippen molar-refractivity contribution >= 4 is 17.7 Å². The van der Waals surface area contributed by atoms with Crippen molar-refractivity contribution < 1.29 is 32.5 Å². The van der Waals surface area contributed by atoms with Crippen LogP contribution in [0.3, 0.4) is 0 Å². The fraction of sp³-hybridized carbons (Fsp3) is 0.391. The van der Waals surface area contributed by atoms with E-state index in [0.29, 0.717) is 16.9 Å². The normalized spacial score (nSPS) is 20.2. The fourth-order valence-corrected chi connectivity index (χ4v) is 4.60. The Bertz CT molecular complexity index is 1220. The van der Waals surface area contributed by atoms with Gasteiger partial charge in [0.1, 0.15) is 5.75 Å². The topological polar surface area (TPSA) is 78.5 Å². The summed E-state index contributed by atoms with van der Waals surface area (Å²) in [5, 5.41) is 14.3. The van der Waals surface area contributed by atoms with Crippen LogP contribution in [0, 0.1) is 0 Å². The van der Waals surface area contributed by atoms with E-state index in [9.17, 15) is 23.1 Å². The number of rotatable bonds is 5. The van der Waals surface area contributed by atoms with Crippen molar-refractivity contribution in [3.63, 3.8) is 0 Å². The zero-order chi connectivity index (χ0) is 24.8. The lowest BCUT2D eigenvalue weighted by molar-refractivity contribution is -0.148. The highest BCUT2D eigenvalue weighted by Gasteiger charge is 2.46. The molecule has 1 fully saturated rings. The van der Waals surface area contributed by atoms with Crippen LogP contribution in [0.25, 0.3) is 22.4 Å². The zero-order valence-electron chi connectivity index (χ0n) is 18.7. The van der Waals surface area contributed by atoms with Crippen LogP contribution in [0.2, 0.25) is 5.02 Å². The molecule has 1 saturated carbocycles. The Morgan fingerprint density at radius 3 is 2.62 bits per heavy atom. The molecule has 7 nitrogen and oxygen atoms in total. The molecule has 0 radical (unpaired) electrons. The predicted molar refractivity (Wildman–Crippen MR) is 119 cm³/mol.